The number of rotatable bonds is 7. The Balaban J connectivity index is 2.95. The van der Waals surface area contributed by atoms with E-state index < -0.39 is 21.7 Å². The number of aliphatic hydroxyl groups excluding tert-OH is 1. The molecule has 9 heteroatoms. The lowest BCUT2D eigenvalue weighted by atomic mass is 10.1. The van der Waals surface area contributed by atoms with Gasteiger partial charge in [0.2, 0.25) is 10.0 Å². The maximum Gasteiger partial charge on any atom is 0.357 e. The summed E-state index contributed by atoms with van der Waals surface area (Å²) in [6, 6.07) is 0. The molecule has 1 atom stereocenters. The molecule has 0 bridgehead atoms. The van der Waals surface area contributed by atoms with Crippen LogP contribution >= 0.6 is 0 Å². The molecule has 0 aliphatic rings. The van der Waals surface area contributed by atoms with Crippen LogP contribution in [0.5, 0.6) is 0 Å². The van der Waals surface area contributed by atoms with Crippen molar-refractivity contribution in [2.24, 2.45) is 5.92 Å². The van der Waals surface area contributed by atoms with Gasteiger partial charge in [-0.25, -0.2) is 17.9 Å². The topological polar surface area (TPSA) is 132 Å². The van der Waals surface area contributed by atoms with Gasteiger partial charge in [-0.3, -0.25) is 5.10 Å². The van der Waals surface area contributed by atoms with E-state index in [2.05, 4.69) is 14.9 Å². The molecule has 0 aliphatic carbocycles. The van der Waals surface area contributed by atoms with E-state index in [1.54, 1.807) is 6.92 Å². The minimum Gasteiger partial charge on any atom is -0.476 e. The van der Waals surface area contributed by atoms with E-state index in [-0.39, 0.29) is 29.7 Å². The number of hydrogen-bond donors (Lipinski definition) is 4. The first-order chi connectivity index (χ1) is 8.79. The number of aryl methyl sites for hydroxylation is 1. The van der Waals surface area contributed by atoms with Gasteiger partial charge in [-0.15, -0.1) is 0 Å². The Kier molecular flexibility index (Phi) is 5.04. The van der Waals surface area contributed by atoms with Crippen molar-refractivity contribution in [3.05, 3.63) is 11.4 Å². The number of nitrogens with one attached hydrogen (secondary N) is 2. The molecule has 0 spiro atoms. The minimum absolute atomic E-state index is 0.0337. The number of hydrogen-bond acceptors (Lipinski definition) is 5. The van der Waals surface area contributed by atoms with E-state index in [0.29, 0.717) is 6.42 Å². The zero-order chi connectivity index (χ0) is 14.6. The highest BCUT2D eigenvalue weighted by atomic mass is 32.2. The lowest BCUT2D eigenvalue weighted by Gasteiger charge is -2.11. The number of sulfonamides is 1. The fourth-order valence-corrected chi connectivity index (χ4v) is 3.02. The van der Waals surface area contributed by atoms with Gasteiger partial charge in [0, 0.05) is 13.2 Å². The van der Waals surface area contributed by atoms with E-state index in [1.165, 1.54) is 6.92 Å². The van der Waals surface area contributed by atoms with Crippen molar-refractivity contribution in [3.8, 4) is 0 Å². The number of carboxylic acids is 1. The molecule has 4 N–H and O–H groups in total. The van der Waals surface area contributed by atoms with Crippen LogP contribution in [0.2, 0.25) is 0 Å². The second-order valence-corrected chi connectivity index (χ2v) is 6.00. The van der Waals surface area contributed by atoms with Gasteiger partial charge in [-0.2, -0.15) is 5.10 Å². The van der Waals surface area contributed by atoms with Gasteiger partial charge in [-0.05, 0) is 19.3 Å². The number of aliphatic hydroxyl groups is 1. The highest BCUT2D eigenvalue weighted by molar-refractivity contribution is 7.89. The van der Waals surface area contributed by atoms with Crippen molar-refractivity contribution in [3.63, 3.8) is 0 Å². The second-order valence-electron chi connectivity index (χ2n) is 4.30. The SMILES string of the molecule is Cc1[nH]nc(C(=O)O)c1S(=O)(=O)NCC(C)CCO. The molecule has 8 nitrogen and oxygen atoms in total. The van der Waals surface area contributed by atoms with E-state index in [1.807, 2.05) is 0 Å². The largest absolute Gasteiger partial charge is 0.476 e. The summed E-state index contributed by atoms with van der Waals surface area (Å²) < 4.78 is 26.4. The third-order valence-corrected chi connectivity index (χ3v) is 4.19. The summed E-state index contributed by atoms with van der Waals surface area (Å²) in [7, 11) is -3.94. The van der Waals surface area contributed by atoms with Crippen molar-refractivity contribution >= 4 is 16.0 Å². The molecule has 1 unspecified atom stereocenters. The van der Waals surface area contributed by atoms with Crippen molar-refractivity contribution < 1.29 is 23.4 Å². The number of aromatic nitrogens is 2. The maximum absolute atomic E-state index is 12.1. The Hall–Kier alpha value is -1.45. The van der Waals surface area contributed by atoms with Gasteiger partial charge < -0.3 is 10.2 Å². The van der Waals surface area contributed by atoms with Gasteiger partial charge in [0.25, 0.3) is 0 Å². The molecule has 0 saturated carbocycles. The standard InChI is InChI=1S/C10H17N3O5S/c1-6(3-4-14)5-11-19(17,18)9-7(2)12-13-8(9)10(15)16/h6,11,14H,3-5H2,1-2H3,(H,12,13)(H,15,16). The Morgan fingerprint density at radius 3 is 2.68 bits per heavy atom. The van der Waals surface area contributed by atoms with Crippen LogP contribution < -0.4 is 4.72 Å². The first-order valence-corrected chi connectivity index (χ1v) is 7.16. The first-order valence-electron chi connectivity index (χ1n) is 5.68. The highest BCUT2D eigenvalue weighted by Crippen LogP contribution is 2.17. The normalized spacial score (nSPS) is 13.4. The predicted molar refractivity (Wildman–Crippen MR) is 66.3 cm³/mol. The summed E-state index contributed by atoms with van der Waals surface area (Å²) in [5.41, 5.74) is -0.362. The third-order valence-electron chi connectivity index (χ3n) is 2.61. The van der Waals surface area contributed by atoms with Crippen molar-refractivity contribution in [1.29, 1.82) is 0 Å². The Morgan fingerprint density at radius 2 is 2.16 bits per heavy atom. The molecule has 0 fully saturated rings. The average molecular weight is 291 g/mol. The van der Waals surface area contributed by atoms with Crippen LogP contribution in [0.1, 0.15) is 29.5 Å². The fraction of sp³-hybridized carbons (Fsp3) is 0.600. The average Bonchev–Trinajstić information content (AvgIpc) is 2.70. The summed E-state index contributed by atoms with van der Waals surface area (Å²) in [5, 5.41) is 23.4. The molecule has 0 amide bonds. The first kappa shape index (κ1) is 15.6. The molecular formula is C10H17N3O5S. The van der Waals surface area contributed by atoms with Crippen LogP contribution in [0.3, 0.4) is 0 Å². The Morgan fingerprint density at radius 1 is 1.53 bits per heavy atom. The van der Waals surface area contributed by atoms with Crippen molar-refractivity contribution in [2.75, 3.05) is 13.2 Å². The van der Waals surface area contributed by atoms with Crippen LogP contribution in [0.25, 0.3) is 0 Å². The Bertz CT molecular complexity index is 552. The smallest absolute Gasteiger partial charge is 0.357 e. The van der Waals surface area contributed by atoms with Crippen molar-refractivity contribution in [1.82, 2.24) is 14.9 Å². The molecule has 0 aliphatic heterocycles. The lowest BCUT2D eigenvalue weighted by Crippen LogP contribution is -2.30. The monoisotopic (exact) mass is 291 g/mol. The molecule has 0 radical (unpaired) electrons. The van der Waals surface area contributed by atoms with Gasteiger partial charge in [0.05, 0.1) is 5.69 Å². The number of aromatic carboxylic acids is 1. The summed E-state index contributed by atoms with van der Waals surface area (Å²) in [6.07, 6.45) is 0.457. The third kappa shape index (κ3) is 3.75. The number of carbonyl (C=O) groups is 1. The van der Waals surface area contributed by atoms with Gasteiger partial charge >= 0.3 is 5.97 Å². The lowest BCUT2D eigenvalue weighted by molar-refractivity contribution is 0.0686. The van der Waals surface area contributed by atoms with Gasteiger partial charge in [0.1, 0.15) is 4.90 Å². The van der Waals surface area contributed by atoms with E-state index >= 15 is 0 Å². The van der Waals surface area contributed by atoms with E-state index in [0.717, 1.165) is 0 Å². The number of H-pyrrole nitrogens is 1. The number of aromatic amines is 1. The molecule has 1 heterocycles. The van der Waals surface area contributed by atoms with Crippen molar-refractivity contribution in [2.45, 2.75) is 25.2 Å². The zero-order valence-electron chi connectivity index (χ0n) is 10.7. The van der Waals surface area contributed by atoms with Crippen LogP contribution in [-0.4, -0.2) is 47.9 Å². The Labute approximate surface area is 110 Å². The molecule has 0 aromatic carbocycles. The highest BCUT2D eigenvalue weighted by Gasteiger charge is 2.28. The summed E-state index contributed by atoms with van der Waals surface area (Å²) in [4.78, 5) is 10.6. The predicted octanol–water partition coefficient (Wildman–Crippen LogP) is -0.287. The molecule has 1 rings (SSSR count). The van der Waals surface area contributed by atoms with Crippen LogP contribution in [0.4, 0.5) is 0 Å². The quantitative estimate of drug-likeness (QED) is 0.546. The van der Waals surface area contributed by atoms with Crippen LogP contribution in [0.15, 0.2) is 4.90 Å². The minimum atomic E-state index is -3.94. The summed E-state index contributed by atoms with van der Waals surface area (Å²) in [6.45, 7) is 3.30. The second kappa shape index (κ2) is 6.13. The summed E-state index contributed by atoms with van der Waals surface area (Å²) in [5.74, 6) is -1.46. The van der Waals surface area contributed by atoms with E-state index in [9.17, 15) is 13.2 Å². The molecule has 0 saturated heterocycles. The zero-order valence-corrected chi connectivity index (χ0v) is 11.5. The van der Waals surface area contributed by atoms with Crippen LogP contribution in [-0.2, 0) is 10.0 Å². The number of nitrogens with zero attached hydrogens (tertiary/aromatic N) is 1. The van der Waals surface area contributed by atoms with Gasteiger partial charge in [0.15, 0.2) is 5.69 Å². The van der Waals surface area contributed by atoms with E-state index in [4.69, 9.17) is 10.2 Å². The maximum atomic E-state index is 12.1. The molecule has 108 valence electrons. The molecule has 19 heavy (non-hydrogen) atoms. The molecule has 1 aromatic rings. The summed E-state index contributed by atoms with van der Waals surface area (Å²) >= 11 is 0. The van der Waals surface area contributed by atoms with Gasteiger partial charge in [-0.1, -0.05) is 6.92 Å². The fourth-order valence-electron chi connectivity index (χ4n) is 1.54. The molecule has 1 aromatic heterocycles. The number of carboxylic acid groups (broad SMARTS) is 1. The molecular weight excluding hydrogens is 274 g/mol. The van der Waals surface area contributed by atoms with Crippen LogP contribution in [0, 0.1) is 12.8 Å².